The molecule has 1 aromatic heterocycles. The van der Waals surface area contributed by atoms with Gasteiger partial charge in [0.25, 0.3) is 0 Å². The Balaban J connectivity index is 2.23. The van der Waals surface area contributed by atoms with Crippen LogP contribution in [0.3, 0.4) is 0 Å². The monoisotopic (exact) mass is 306 g/mol. The molecule has 1 atom stereocenters. The van der Waals surface area contributed by atoms with Gasteiger partial charge in [-0.3, -0.25) is 0 Å². The first-order chi connectivity index (χ1) is 8.47. The third-order valence-corrected chi connectivity index (χ3v) is 4.14. The molecule has 0 N–H and O–H groups in total. The molecule has 1 aromatic carbocycles. The second-order valence-electron chi connectivity index (χ2n) is 4.97. The summed E-state index contributed by atoms with van der Waals surface area (Å²) in [5, 5.41) is 0. The fourth-order valence-corrected chi connectivity index (χ4v) is 3.09. The van der Waals surface area contributed by atoms with Crippen LogP contribution < -0.4 is 0 Å². The van der Waals surface area contributed by atoms with E-state index in [1.165, 1.54) is 22.3 Å². The van der Waals surface area contributed by atoms with Crippen molar-refractivity contribution >= 4 is 15.9 Å². The number of rotatable bonds is 3. The van der Waals surface area contributed by atoms with Crippen molar-refractivity contribution in [3.05, 3.63) is 58.0 Å². The summed E-state index contributed by atoms with van der Waals surface area (Å²) in [5.74, 6) is 1.99. The van der Waals surface area contributed by atoms with Crippen molar-refractivity contribution < 1.29 is 4.42 Å². The third-order valence-electron chi connectivity index (χ3n) is 3.32. The highest BCUT2D eigenvalue weighted by Crippen LogP contribution is 2.32. The number of hydrogen-bond donors (Lipinski definition) is 0. The lowest BCUT2D eigenvalue weighted by Crippen LogP contribution is -1.98. The van der Waals surface area contributed by atoms with E-state index in [1.54, 1.807) is 0 Å². The molecular formula is C16H19BrO. The van der Waals surface area contributed by atoms with E-state index < -0.39 is 0 Å². The van der Waals surface area contributed by atoms with Crippen molar-refractivity contribution in [2.75, 3.05) is 0 Å². The highest BCUT2D eigenvalue weighted by molar-refractivity contribution is 9.09. The minimum Gasteiger partial charge on any atom is -0.466 e. The summed E-state index contributed by atoms with van der Waals surface area (Å²) in [7, 11) is 0. The fourth-order valence-electron chi connectivity index (χ4n) is 2.28. The van der Waals surface area contributed by atoms with Gasteiger partial charge in [0.15, 0.2) is 0 Å². The van der Waals surface area contributed by atoms with Crippen molar-refractivity contribution in [2.24, 2.45) is 0 Å². The first kappa shape index (κ1) is 13.4. The van der Waals surface area contributed by atoms with Crippen molar-refractivity contribution in [3.8, 4) is 0 Å². The summed E-state index contributed by atoms with van der Waals surface area (Å²) in [6, 6.07) is 8.75. The SMILES string of the molecule is Cc1ccc(C)c(CC(Br)c2cc(C)oc2C)c1. The lowest BCUT2D eigenvalue weighted by atomic mass is 9.99. The van der Waals surface area contributed by atoms with Gasteiger partial charge in [0, 0.05) is 10.4 Å². The first-order valence-electron chi connectivity index (χ1n) is 6.24. The molecule has 96 valence electrons. The first-order valence-corrected chi connectivity index (χ1v) is 7.16. The van der Waals surface area contributed by atoms with Crippen LogP contribution >= 0.6 is 15.9 Å². The van der Waals surface area contributed by atoms with Crippen molar-refractivity contribution in [3.63, 3.8) is 0 Å². The topological polar surface area (TPSA) is 13.1 Å². The average Bonchev–Trinajstić information content (AvgIpc) is 2.63. The maximum Gasteiger partial charge on any atom is 0.105 e. The van der Waals surface area contributed by atoms with Crippen LogP contribution in [0.1, 0.15) is 38.6 Å². The standard InChI is InChI=1S/C16H19BrO/c1-10-5-6-11(2)14(7-10)9-16(17)15-8-12(3)18-13(15)4/h5-8,16H,9H2,1-4H3. The van der Waals surface area contributed by atoms with E-state index in [1.807, 2.05) is 13.8 Å². The van der Waals surface area contributed by atoms with Crippen LogP contribution in [0, 0.1) is 27.7 Å². The molecule has 1 heterocycles. The van der Waals surface area contributed by atoms with Crippen LogP contribution in [-0.4, -0.2) is 0 Å². The molecule has 2 rings (SSSR count). The van der Waals surface area contributed by atoms with Crippen molar-refractivity contribution in [2.45, 2.75) is 38.9 Å². The van der Waals surface area contributed by atoms with Crippen LogP contribution in [0.5, 0.6) is 0 Å². The molecule has 0 aliphatic carbocycles. The second-order valence-corrected chi connectivity index (χ2v) is 6.08. The average molecular weight is 307 g/mol. The van der Waals surface area contributed by atoms with Gasteiger partial charge in [-0.2, -0.15) is 0 Å². The lowest BCUT2D eigenvalue weighted by Gasteiger charge is -2.12. The Morgan fingerprint density at radius 3 is 2.44 bits per heavy atom. The van der Waals surface area contributed by atoms with Gasteiger partial charge < -0.3 is 4.42 Å². The molecule has 1 nitrogen and oxygen atoms in total. The molecule has 0 bridgehead atoms. The number of benzene rings is 1. The van der Waals surface area contributed by atoms with E-state index in [2.05, 4.69) is 54.0 Å². The third kappa shape index (κ3) is 2.86. The Bertz CT molecular complexity index is 554. The predicted molar refractivity (Wildman–Crippen MR) is 79.5 cm³/mol. The summed E-state index contributed by atoms with van der Waals surface area (Å²) in [6.07, 6.45) is 0.993. The van der Waals surface area contributed by atoms with Gasteiger partial charge in [-0.15, -0.1) is 0 Å². The second kappa shape index (κ2) is 5.31. The van der Waals surface area contributed by atoms with E-state index in [9.17, 15) is 0 Å². The molecule has 0 radical (unpaired) electrons. The largest absolute Gasteiger partial charge is 0.466 e. The van der Waals surface area contributed by atoms with E-state index in [0.717, 1.165) is 17.9 Å². The highest BCUT2D eigenvalue weighted by atomic mass is 79.9. The molecule has 1 unspecified atom stereocenters. The zero-order chi connectivity index (χ0) is 13.3. The van der Waals surface area contributed by atoms with Crippen LogP contribution in [0.25, 0.3) is 0 Å². The van der Waals surface area contributed by atoms with Gasteiger partial charge in [-0.1, -0.05) is 39.7 Å². The maximum absolute atomic E-state index is 5.60. The molecule has 0 saturated heterocycles. The number of alkyl halides is 1. The predicted octanol–water partition coefficient (Wildman–Crippen LogP) is 5.19. The molecule has 2 heteroatoms. The van der Waals surface area contributed by atoms with E-state index in [0.29, 0.717) is 4.83 Å². The maximum atomic E-state index is 5.60. The lowest BCUT2D eigenvalue weighted by molar-refractivity contribution is 0.501. The molecule has 0 aliphatic rings. The van der Waals surface area contributed by atoms with E-state index >= 15 is 0 Å². The smallest absolute Gasteiger partial charge is 0.105 e. The van der Waals surface area contributed by atoms with Gasteiger partial charge in [-0.05, 0) is 51.3 Å². The summed E-state index contributed by atoms with van der Waals surface area (Å²) in [6.45, 7) is 8.33. The zero-order valence-electron chi connectivity index (χ0n) is 11.4. The molecule has 18 heavy (non-hydrogen) atoms. The van der Waals surface area contributed by atoms with Crippen molar-refractivity contribution in [1.29, 1.82) is 0 Å². The van der Waals surface area contributed by atoms with Crippen LogP contribution in [0.2, 0.25) is 0 Å². The Labute approximate surface area is 117 Å². The van der Waals surface area contributed by atoms with Gasteiger partial charge >= 0.3 is 0 Å². The van der Waals surface area contributed by atoms with E-state index in [4.69, 9.17) is 4.42 Å². The number of aryl methyl sites for hydroxylation is 4. The summed E-state index contributed by atoms with van der Waals surface area (Å²) >= 11 is 3.79. The molecule has 0 fully saturated rings. The Kier molecular flexibility index (Phi) is 3.96. The number of halogens is 1. The quantitative estimate of drug-likeness (QED) is 0.711. The Morgan fingerprint density at radius 2 is 1.83 bits per heavy atom. The summed E-state index contributed by atoms with van der Waals surface area (Å²) in [4.78, 5) is 0.315. The van der Waals surface area contributed by atoms with Crippen LogP contribution in [0.15, 0.2) is 28.7 Å². The molecule has 0 amide bonds. The van der Waals surface area contributed by atoms with Crippen LogP contribution in [-0.2, 0) is 6.42 Å². The molecule has 0 spiro atoms. The number of furan rings is 1. The summed E-state index contributed by atoms with van der Waals surface area (Å²) in [5.41, 5.74) is 5.32. The van der Waals surface area contributed by atoms with E-state index in [-0.39, 0.29) is 0 Å². The Morgan fingerprint density at radius 1 is 1.11 bits per heavy atom. The molecular weight excluding hydrogens is 288 g/mol. The highest BCUT2D eigenvalue weighted by Gasteiger charge is 2.15. The van der Waals surface area contributed by atoms with Gasteiger partial charge in [0.1, 0.15) is 11.5 Å². The van der Waals surface area contributed by atoms with Crippen molar-refractivity contribution in [1.82, 2.24) is 0 Å². The van der Waals surface area contributed by atoms with Gasteiger partial charge in [0.2, 0.25) is 0 Å². The number of hydrogen-bond acceptors (Lipinski definition) is 1. The van der Waals surface area contributed by atoms with Gasteiger partial charge in [-0.25, -0.2) is 0 Å². The summed E-state index contributed by atoms with van der Waals surface area (Å²) < 4.78 is 5.60. The normalized spacial score (nSPS) is 12.7. The molecule has 2 aromatic rings. The molecule has 0 aliphatic heterocycles. The fraction of sp³-hybridized carbons (Fsp3) is 0.375. The minimum atomic E-state index is 0.315. The molecule has 0 saturated carbocycles. The minimum absolute atomic E-state index is 0.315. The van der Waals surface area contributed by atoms with Crippen LogP contribution in [0.4, 0.5) is 0 Å². The zero-order valence-corrected chi connectivity index (χ0v) is 13.0. The Hall–Kier alpha value is -1.02. The van der Waals surface area contributed by atoms with Gasteiger partial charge in [0.05, 0.1) is 0 Å².